The quantitative estimate of drug-likeness (QED) is 0.657. The van der Waals surface area contributed by atoms with Crippen LogP contribution in [0.4, 0.5) is 0 Å². The maximum atomic E-state index is 8.50. The predicted molar refractivity (Wildman–Crippen MR) is 56.6 cm³/mol. The summed E-state index contributed by atoms with van der Waals surface area (Å²) in [7, 11) is 0. The van der Waals surface area contributed by atoms with Crippen LogP contribution < -0.4 is 0 Å². The fraction of sp³-hybridized carbons (Fsp3) is 0. The van der Waals surface area contributed by atoms with E-state index in [-0.39, 0.29) is 0 Å². The smallest absolute Gasteiger partial charge is 0.0991 e. The highest BCUT2D eigenvalue weighted by atomic mass is 127. The molecule has 0 fully saturated rings. The molecule has 0 aliphatic carbocycles. The van der Waals surface area contributed by atoms with E-state index in [0.29, 0.717) is 0 Å². The van der Waals surface area contributed by atoms with Crippen LogP contribution in [0.1, 0.15) is 5.56 Å². The Morgan fingerprint density at radius 3 is 2.40 bits per heavy atom. The van der Waals surface area contributed by atoms with Crippen LogP contribution in [-0.4, -0.2) is 0 Å². The van der Waals surface area contributed by atoms with Gasteiger partial charge in [-0.3, -0.25) is 0 Å². The van der Waals surface area contributed by atoms with E-state index in [1.165, 1.54) is 3.57 Å². The van der Waals surface area contributed by atoms with Gasteiger partial charge in [-0.2, -0.15) is 5.26 Å². The molecule has 0 amide bonds. The van der Waals surface area contributed by atoms with E-state index in [2.05, 4.69) is 51.3 Å². The van der Waals surface area contributed by atoms with Crippen molar-refractivity contribution in [2.45, 2.75) is 0 Å². The Labute approximate surface area is 86.7 Å². The first-order valence-electron chi connectivity index (χ1n) is 2.59. The van der Waals surface area contributed by atoms with Crippen LogP contribution in [-0.2, 0) is 0 Å². The minimum atomic E-state index is 0.727. The molecule has 1 nitrogen and oxygen atoms in total. The van der Waals surface area contributed by atoms with Crippen LogP contribution in [0.15, 0.2) is 18.2 Å². The van der Waals surface area contributed by atoms with Gasteiger partial charge in [0.25, 0.3) is 0 Å². The van der Waals surface area contributed by atoms with Crippen LogP contribution in [0, 0.1) is 18.5 Å². The van der Waals surface area contributed by atoms with Gasteiger partial charge in [0.15, 0.2) is 0 Å². The summed E-state index contributed by atoms with van der Waals surface area (Å²) in [5.74, 6) is 0. The molecule has 0 spiro atoms. The van der Waals surface area contributed by atoms with E-state index in [1.54, 1.807) is 0 Å². The minimum Gasteiger partial charge on any atom is -0.192 e. The van der Waals surface area contributed by atoms with Crippen molar-refractivity contribution in [3.8, 4) is 6.07 Å². The molecule has 0 radical (unpaired) electrons. The number of halogens is 2. The molecule has 1 aromatic rings. The fourth-order valence-electron chi connectivity index (χ4n) is 0.566. The van der Waals surface area contributed by atoms with Crippen molar-refractivity contribution in [3.05, 3.63) is 30.9 Å². The van der Waals surface area contributed by atoms with Crippen LogP contribution in [0.2, 0.25) is 0 Å². The second kappa shape index (κ2) is 3.53. The molecule has 0 heterocycles. The summed E-state index contributed by atoms with van der Waals surface area (Å²) < 4.78 is 2.33. The molecule has 50 valence electrons. The lowest BCUT2D eigenvalue weighted by Crippen LogP contribution is -1.80. The standard InChI is InChI=1S/C7H3I2N/c8-6-2-1-5(4-10)3-7(6)9/h1-3H. The zero-order valence-corrected chi connectivity index (χ0v) is 9.25. The summed E-state index contributed by atoms with van der Waals surface area (Å²) in [4.78, 5) is 0. The molecule has 0 aliphatic rings. The lowest BCUT2D eigenvalue weighted by Gasteiger charge is -1.93. The van der Waals surface area contributed by atoms with Gasteiger partial charge in [-0.05, 0) is 63.4 Å². The number of rotatable bonds is 0. The number of benzene rings is 1. The van der Waals surface area contributed by atoms with Gasteiger partial charge < -0.3 is 0 Å². The molecular formula is C7H3I2N. The molecule has 0 saturated carbocycles. The summed E-state index contributed by atoms with van der Waals surface area (Å²) in [6.45, 7) is 0. The Balaban J connectivity index is 3.20. The van der Waals surface area contributed by atoms with Gasteiger partial charge in [-0.15, -0.1) is 0 Å². The van der Waals surface area contributed by atoms with Crippen molar-refractivity contribution in [3.63, 3.8) is 0 Å². The molecule has 0 saturated heterocycles. The van der Waals surface area contributed by atoms with Crippen molar-refractivity contribution >= 4 is 45.2 Å². The van der Waals surface area contributed by atoms with Gasteiger partial charge in [0.05, 0.1) is 11.6 Å². The van der Waals surface area contributed by atoms with E-state index >= 15 is 0 Å². The molecule has 0 atom stereocenters. The van der Waals surface area contributed by atoms with E-state index in [1.807, 2.05) is 18.2 Å². The SMILES string of the molecule is N#Cc1ccc(I)c(I)c1. The van der Waals surface area contributed by atoms with Crippen molar-refractivity contribution in [2.24, 2.45) is 0 Å². The van der Waals surface area contributed by atoms with Gasteiger partial charge >= 0.3 is 0 Å². The maximum absolute atomic E-state index is 8.50. The molecule has 0 unspecified atom stereocenters. The minimum absolute atomic E-state index is 0.727. The van der Waals surface area contributed by atoms with Gasteiger partial charge in [-0.25, -0.2) is 0 Å². The van der Waals surface area contributed by atoms with E-state index in [9.17, 15) is 0 Å². The second-order valence-corrected chi connectivity index (χ2v) is 4.07. The molecule has 3 heteroatoms. The average Bonchev–Trinajstić information content (AvgIpc) is 1.95. The maximum Gasteiger partial charge on any atom is 0.0991 e. The highest BCUT2D eigenvalue weighted by Gasteiger charge is 1.95. The topological polar surface area (TPSA) is 23.8 Å². The van der Waals surface area contributed by atoms with Gasteiger partial charge in [0.1, 0.15) is 0 Å². The third-order valence-corrected chi connectivity index (χ3v) is 3.91. The Hall–Kier alpha value is 0.170. The molecule has 1 aromatic carbocycles. The Kier molecular flexibility index (Phi) is 2.92. The van der Waals surface area contributed by atoms with Crippen LogP contribution >= 0.6 is 45.2 Å². The van der Waals surface area contributed by atoms with E-state index < -0.39 is 0 Å². The third kappa shape index (κ3) is 1.83. The Bertz CT molecular complexity index is 288. The first kappa shape index (κ1) is 8.27. The van der Waals surface area contributed by atoms with Crippen LogP contribution in [0.5, 0.6) is 0 Å². The zero-order chi connectivity index (χ0) is 7.56. The van der Waals surface area contributed by atoms with Crippen LogP contribution in [0.25, 0.3) is 0 Å². The largest absolute Gasteiger partial charge is 0.192 e. The fourth-order valence-corrected chi connectivity index (χ4v) is 1.42. The monoisotopic (exact) mass is 355 g/mol. The van der Waals surface area contributed by atoms with Gasteiger partial charge in [0.2, 0.25) is 0 Å². The first-order valence-corrected chi connectivity index (χ1v) is 4.75. The van der Waals surface area contributed by atoms with Crippen LogP contribution in [0.3, 0.4) is 0 Å². The number of hydrogen-bond acceptors (Lipinski definition) is 1. The lowest BCUT2D eigenvalue weighted by molar-refractivity contribution is 1.46. The van der Waals surface area contributed by atoms with Gasteiger partial charge in [0, 0.05) is 7.14 Å². The van der Waals surface area contributed by atoms with E-state index in [4.69, 9.17) is 5.26 Å². The second-order valence-electron chi connectivity index (χ2n) is 1.74. The molecule has 1 rings (SSSR count). The summed E-state index contributed by atoms with van der Waals surface area (Å²) >= 11 is 4.46. The molecular weight excluding hydrogens is 352 g/mol. The third-order valence-electron chi connectivity index (χ3n) is 1.05. The highest BCUT2D eigenvalue weighted by molar-refractivity contribution is 14.1. The van der Waals surface area contributed by atoms with Crippen molar-refractivity contribution in [1.82, 2.24) is 0 Å². The Morgan fingerprint density at radius 1 is 1.20 bits per heavy atom. The van der Waals surface area contributed by atoms with Gasteiger partial charge in [-0.1, -0.05) is 0 Å². The van der Waals surface area contributed by atoms with E-state index in [0.717, 1.165) is 9.13 Å². The molecule has 10 heavy (non-hydrogen) atoms. The number of hydrogen-bond donors (Lipinski definition) is 0. The van der Waals surface area contributed by atoms with Crippen molar-refractivity contribution in [2.75, 3.05) is 0 Å². The van der Waals surface area contributed by atoms with Crippen molar-refractivity contribution < 1.29 is 0 Å². The number of nitrogens with zero attached hydrogens (tertiary/aromatic N) is 1. The first-order chi connectivity index (χ1) is 4.74. The summed E-state index contributed by atoms with van der Waals surface area (Å²) in [6, 6.07) is 7.73. The summed E-state index contributed by atoms with van der Waals surface area (Å²) in [5, 5.41) is 8.50. The summed E-state index contributed by atoms with van der Waals surface area (Å²) in [6.07, 6.45) is 0. The summed E-state index contributed by atoms with van der Waals surface area (Å²) in [5.41, 5.74) is 0.727. The molecule has 0 N–H and O–H groups in total. The molecule has 0 aliphatic heterocycles. The lowest BCUT2D eigenvalue weighted by atomic mass is 10.2. The normalized spacial score (nSPS) is 8.90. The Morgan fingerprint density at radius 2 is 1.90 bits per heavy atom. The van der Waals surface area contributed by atoms with Crippen molar-refractivity contribution in [1.29, 1.82) is 5.26 Å². The zero-order valence-electron chi connectivity index (χ0n) is 4.94. The predicted octanol–water partition coefficient (Wildman–Crippen LogP) is 2.77. The highest BCUT2D eigenvalue weighted by Crippen LogP contribution is 2.15. The molecule has 0 aromatic heterocycles. The number of nitriles is 1. The molecule has 0 bridgehead atoms. The average molecular weight is 355 g/mol.